The van der Waals surface area contributed by atoms with Gasteiger partial charge in [0.15, 0.2) is 0 Å². The van der Waals surface area contributed by atoms with E-state index in [0.717, 1.165) is 44.5 Å². The fourth-order valence-electron chi connectivity index (χ4n) is 3.29. The van der Waals surface area contributed by atoms with Crippen LogP contribution in [0.15, 0.2) is 16.8 Å². The Bertz CT molecular complexity index is 452. The lowest BCUT2D eigenvalue weighted by Crippen LogP contribution is -2.43. The van der Waals surface area contributed by atoms with Crippen LogP contribution in [0.4, 0.5) is 0 Å². The van der Waals surface area contributed by atoms with E-state index >= 15 is 0 Å². The SMILES string of the molecule is COC[C@H]1CC2(CCN(C(=O)c3ccsc3)CC2)CO1. The van der Waals surface area contributed by atoms with Crippen molar-refractivity contribution in [2.75, 3.05) is 33.4 Å². The van der Waals surface area contributed by atoms with Crippen molar-refractivity contribution < 1.29 is 14.3 Å². The topological polar surface area (TPSA) is 38.8 Å². The summed E-state index contributed by atoms with van der Waals surface area (Å²) in [6.07, 6.45) is 3.40. The molecule has 0 radical (unpaired) electrons. The Labute approximate surface area is 123 Å². The van der Waals surface area contributed by atoms with Crippen molar-refractivity contribution in [3.8, 4) is 0 Å². The fraction of sp³-hybridized carbons (Fsp3) is 0.667. The van der Waals surface area contributed by atoms with Gasteiger partial charge in [-0.1, -0.05) is 0 Å². The highest BCUT2D eigenvalue weighted by molar-refractivity contribution is 7.08. The Morgan fingerprint density at radius 2 is 2.35 bits per heavy atom. The number of likely N-dealkylation sites (tertiary alicyclic amines) is 1. The number of carbonyl (C=O) groups excluding carboxylic acids is 1. The van der Waals surface area contributed by atoms with Gasteiger partial charge in [-0.25, -0.2) is 0 Å². The first-order chi connectivity index (χ1) is 9.72. The van der Waals surface area contributed by atoms with Gasteiger partial charge in [0, 0.05) is 25.6 Å². The van der Waals surface area contributed by atoms with E-state index in [-0.39, 0.29) is 17.4 Å². The third-order valence-corrected chi connectivity index (χ3v) is 5.20. The predicted molar refractivity (Wildman–Crippen MR) is 78.1 cm³/mol. The number of methoxy groups -OCH3 is 1. The lowest BCUT2D eigenvalue weighted by Gasteiger charge is -2.38. The van der Waals surface area contributed by atoms with Crippen molar-refractivity contribution in [1.82, 2.24) is 4.90 Å². The Hall–Kier alpha value is -0.910. The first kappa shape index (κ1) is 14.0. The van der Waals surface area contributed by atoms with Crippen molar-refractivity contribution in [3.63, 3.8) is 0 Å². The molecule has 1 amide bonds. The van der Waals surface area contributed by atoms with Crippen molar-refractivity contribution >= 4 is 17.2 Å². The monoisotopic (exact) mass is 295 g/mol. The average molecular weight is 295 g/mol. The zero-order valence-corrected chi connectivity index (χ0v) is 12.7. The van der Waals surface area contributed by atoms with E-state index in [1.165, 1.54) is 0 Å². The smallest absolute Gasteiger partial charge is 0.254 e. The molecule has 2 saturated heterocycles. The molecule has 20 heavy (non-hydrogen) atoms. The van der Waals surface area contributed by atoms with Crippen molar-refractivity contribution in [2.24, 2.45) is 5.41 Å². The number of thiophene rings is 1. The number of amides is 1. The van der Waals surface area contributed by atoms with Crippen LogP contribution in [-0.2, 0) is 9.47 Å². The summed E-state index contributed by atoms with van der Waals surface area (Å²) in [5, 5.41) is 3.89. The van der Waals surface area contributed by atoms with Gasteiger partial charge < -0.3 is 14.4 Å². The van der Waals surface area contributed by atoms with Gasteiger partial charge in [-0.3, -0.25) is 4.79 Å². The molecule has 110 valence electrons. The molecule has 0 saturated carbocycles. The average Bonchev–Trinajstić information content (AvgIpc) is 3.10. The van der Waals surface area contributed by atoms with Gasteiger partial charge in [-0.15, -0.1) is 0 Å². The molecule has 2 aliphatic heterocycles. The van der Waals surface area contributed by atoms with Gasteiger partial charge >= 0.3 is 0 Å². The number of nitrogens with zero attached hydrogens (tertiary/aromatic N) is 1. The van der Waals surface area contributed by atoms with Crippen LogP contribution in [0.2, 0.25) is 0 Å². The number of piperidine rings is 1. The minimum Gasteiger partial charge on any atom is -0.382 e. The molecule has 0 aromatic carbocycles. The first-order valence-electron chi connectivity index (χ1n) is 7.14. The Morgan fingerprint density at radius 3 is 3.00 bits per heavy atom. The molecular weight excluding hydrogens is 274 g/mol. The maximum atomic E-state index is 12.3. The van der Waals surface area contributed by atoms with E-state index < -0.39 is 0 Å². The highest BCUT2D eigenvalue weighted by atomic mass is 32.1. The molecule has 3 rings (SSSR count). The summed E-state index contributed by atoms with van der Waals surface area (Å²) >= 11 is 1.58. The summed E-state index contributed by atoms with van der Waals surface area (Å²) in [4.78, 5) is 14.3. The number of hydrogen-bond acceptors (Lipinski definition) is 4. The second-order valence-corrected chi connectivity index (χ2v) is 6.68. The molecule has 2 aliphatic rings. The van der Waals surface area contributed by atoms with Crippen LogP contribution >= 0.6 is 11.3 Å². The van der Waals surface area contributed by atoms with Crippen LogP contribution in [0.1, 0.15) is 29.6 Å². The molecule has 5 heteroatoms. The van der Waals surface area contributed by atoms with Crippen LogP contribution < -0.4 is 0 Å². The molecule has 0 N–H and O–H groups in total. The number of rotatable bonds is 3. The molecule has 0 aliphatic carbocycles. The van der Waals surface area contributed by atoms with E-state index in [1.807, 2.05) is 21.7 Å². The van der Waals surface area contributed by atoms with Crippen LogP contribution in [0.5, 0.6) is 0 Å². The Morgan fingerprint density at radius 1 is 1.55 bits per heavy atom. The van der Waals surface area contributed by atoms with Crippen molar-refractivity contribution in [3.05, 3.63) is 22.4 Å². The molecule has 3 heterocycles. The molecule has 4 nitrogen and oxygen atoms in total. The maximum absolute atomic E-state index is 12.3. The van der Waals surface area contributed by atoms with Crippen LogP contribution in [0, 0.1) is 5.41 Å². The lowest BCUT2D eigenvalue weighted by molar-refractivity contribution is 0.0281. The first-order valence-corrected chi connectivity index (χ1v) is 8.09. The van der Waals surface area contributed by atoms with E-state index in [4.69, 9.17) is 9.47 Å². The summed E-state index contributed by atoms with van der Waals surface area (Å²) in [6, 6.07) is 1.91. The third kappa shape index (κ3) is 2.75. The van der Waals surface area contributed by atoms with Crippen LogP contribution in [-0.4, -0.2) is 50.3 Å². The predicted octanol–water partition coefficient (Wildman–Crippen LogP) is 2.41. The molecule has 1 spiro atoms. The molecule has 0 unspecified atom stereocenters. The summed E-state index contributed by atoms with van der Waals surface area (Å²) in [7, 11) is 1.72. The Balaban J connectivity index is 1.56. The lowest BCUT2D eigenvalue weighted by atomic mass is 9.76. The van der Waals surface area contributed by atoms with Gasteiger partial charge in [0.25, 0.3) is 5.91 Å². The fourth-order valence-corrected chi connectivity index (χ4v) is 3.92. The van der Waals surface area contributed by atoms with Gasteiger partial charge in [0.2, 0.25) is 0 Å². The van der Waals surface area contributed by atoms with E-state index in [2.05, 4.69) is 0 Å². The summed E-state index contributed by atoms with van der Waals surface area (Å²) in [6.45, 7) is 3.19. The quantitative estimate of drug-likeness (QED) is 0.859. The van der Waals surface area contributed by atoms with E-state index in [9.17, 15) is 4.79 Å². The molecule has 2 fully saturated rings. The highest BCUT2D eigenvalue weighted by Crippen LogP contribution is 2.42. The zero-order valence-electron chi connectivity index (χ0n) is 11.8. The van der Waals surface area contributed by atoms with Crippen molar-refractivity contribution in [2.45, 2.75) is 25.4 Å². The van der Waals surface area contributed by atoms with Gasteiger partial charge in [0.05, 0.1) is 24.9 Å². The maximum Gasteiger partial charge on any atom is 0.254 e. The molecule has 1 aromatic heterocycles. The highest BCUT2D eigenvalue weighted by Gasteiger charge is 2.43. The molecular formula is C15H21NO3S. The van der Waals surface area contributed by atoms with Gasteiger partial charge in [0.1, 0.15) is 0 Å². The van der Waals surface area contributed by atoms with Crippen LogP contribution in [0.3, 0.4) is 0 Å². The van der Waals surface area contributed by atoms with E-state index in [0.29, 0.717) is 6.61 Å². The second-order valence-electron chi connectivity index (χ2n) is 5.90. The van der Waals surface area contributed by atoms with Gasteiger partial charge in [-0.2, -0.15) is 11.3 Å². The zero-order chi connectivity index (χ0) is 14.0. The summed E-state index contributed by atoms with van der Waals surface area (Å²) < 4.78 is 11.0. The molecule has 1 atom stereocenters. The molecule has 0 bridgehead atoms. The summed E-state index contributed by atoms with van der Waals surface area (Å²) in [5.41, 5.74) is 1.10. The number of carbonyl (C=O) groups is 1. The Kier molecular flexibility index (Phi) is 4.10. The van der Waals surface area contributed by atoms with Crippen molar-refractivity contribution in [1.29, 1.82) is 0 Å². The largest absolute Gasteiger partial charge is 0.382 e. The number of hydrogen-bond donors (Lipinski definition) is 0. The normalized spacial score (nSPS) is 25.2. The third-order valence-electron chi connectivity index (χ3n) is 4.52. The minimum atomic E-state index is 0.174. The standard InChI is InChI=1S/C15H21NO3S/c1-18-9-13-8-15(11-19-13)3-5-16(6-4-15)14(17)12-2-7-20-10-12/h2,7,10,13H,3-6,8-9,11H2,1H3/t13-/m1/s1. The van der Waals surface area contributed by atoms with E-state index in [1.54, 1.807) is 18.4 Å². The van der Waals surface area contributed by atoms with Gasteiger partial charge in [-0.05, 0) is 36.1 Å². The number of ether oxygens (including phenoxy) is 2. The minimum absolute atomic E-state index is 0.174. The van der Waals surface area contributed by atoms with Crippen LogP contribution in [0.25, 0.3) is 0 Å². The molecule has 1 aromatic rings. The summed E-state index contributed by atoms with van der Waals surface area (Å²) in [5.74, 6) is 0.174. The second kappa shape index (κ2) is 5.84.